The Bertz CT molecular complexity index is 648. The van der Waals surface area contributed by atoms with Crippen molar-refractivity contribution in [3.8, 4) is 11.5 Å². The maximum Gasteiger partial charge on any atom is 0.161 e. The number of methoxy groups -OCH3 is 3. The first kappa shape index (κ1) is 20.2. The highest BCUT2D eigenvalue weighted by Gasteiger charge is 2.14. The predicted octanol–water partition coefficient (Wildman–Crippen LogP) is 2.76. The van der Waals surface area contributed by atoms with Crippen LogP contribution in [0.1, 0.15) is 11.1 Å². The third kappa shape index (κ3) is 6.33. The Morgan fingerprint density at radius 2 is 1.65 bits per heavy atom. The topological polar surface area (TPSA) is 51.2 Å². The van der Waals surface area contributed by atoms with E-state index in [4.69, 9.17) is 14.2 Å². The van der Waals surface area contributed by atoms with E-state index in [1.54, 1.807) is 21.3 Å². The number of aliphatic hydroxyl groups excluding tert-OH is 1. The molecule has 1 N–H and O–H groups in total. The van der Waals surface area contributed by atoms with Crippen LogP contribution in [0.2, 0.25) is 0 Å². The van der Waals surface area contributed by atoms with E-state index in [9.17, 15) is 5.11 Å². The summed E-state index contributed by atoms with van der Waals surface area (Å²) in [4.78, 5) is 2.19. The van der Waals surface area contributed by atoms with E-state index in [-0.39, 0.29) is 0 Å². The molecule has 5 nitrogen and oxygen atoms in total. The lowest BCUT2D eigenvalue weighted by molar-refractivity contribution is 0.0851. The lowest BCUT2D eigenvalue weighted by atomic mass is 10.1. The summed E-state index contributed by atoms with van der Waals surface area (Å²) in [6, 6.07) is 15.9. The van der Waals surface area contributed by atoms with E-state index in [1.807, 2.05) is 48.5 Å². The van der Waals surface area contributed by atoms with E-state index in [0.717, 1.165) is 17.7 Å². The van der Waals surface area contributed by atoms with Crippen LogP contribution in [0.4, 0.5) is 0 Å². The van der Waals surface area contributed by atoms with Crippen LogP contribution in [0.5, 0.6) is 11.5 Å². The Labute approximate surface area is 156 Å². The zero-order valence-corrected chi connectivity index (χ0v) is 15.9. The van der Waals surface area contributed by atoms with Crippen LogP contribution in [0.3, 0.4) is 0 Å². The van der Waals surface area contributed by atoms with Crippen LogP contribution in [-0.2, 0) is 17.7 Å². The van der Waals surface area contributed by atoms with Gasteiger partial charge in [0.05, 0.1) is 26.9 Å². The molecular formula is C21H29NO4. The Hall–Kier alpha value is -2.08. The molecular weight excluding hydrogens is 330 g/mol. The Kier molecular flexibility index (Phi) is 8.41. The molecule has 0 unspecified atom stereocenters. The van der Waals surface area contributed by atoms with Gasteiger partial charge in [-0.3, -0.25) is 4.90 Å². The number of nitrogens with zero attached hydrogens (tertiary/aromatic N) is 1. The normalized spacial score (nSPS) is 12.2. The van der Waals surface area contributed by atoms with Crippen molar-refractivity contribution in [1.29, 1.82) is 0 Å². The number of aliphatic hydroxyl groups is 1. The van der Waals surface area contributed by atoms with Crippen LogP contribution < -0.4 is 9.47 Å². The summed E-state index contributed by atoms with van der Waals surface area (Å²) in [5, 5.41) is 10.5. The zero-order valence-electron chi connectivity index (χ0n) is 15.9. The molecule has 0 aromatic heterocycles. The first-order valence-electron chi connectivity index (χ1n) is 8.80. The lowest BCUT2D eigenvalue weighted by Crippen LogP contribution is -2.35. The van der Waals surface area contributed by atoms with Crippen LogP contribution in [-0.4, -0.2) is 57.1 Å². The second kappa shape index (κ2) is 10.8. The average Bonchev–Trinajstić information content (AvgIpc) is 2.66. The fraction of sp³-hybridized carbons (Fsp3) is 0.429. The number of benzene rings is 2. The van der Waals surface area contributed by atoms with Crippen molar-refractivity contribution in [3.63, 3.8) is 0 Å². The van der Waals surface area contributed by atoms with Gasteiger partial charge in [-0.2, -0.15) is 0 Å². The predicted molar refractivity (Wildman–Crippen MR) is 103 cm³/mol. The third-order valence-corrected chi connectivity index (χ3v) is 4.25. The molecule has 2 aromatic rings. The standard InChI is InChI=1S/C21H29NO4/c1-24-12-11-22(16-19(23)13-17-7-5-4-6-8-17)15-18-9-10-20(25-2)21(14-18)26-3/h4-10,14,19,23H,11-13,15-16H2,1-3H3/t19-/m0/s1. The maximum absolute atomic E-state index is 10.5. The first-order chi connectivity index (χ1) is 12.7. The minimum Gasteiger partial charge on any atom is -0.493 e. The van der Waals surface area contributed by atoms with Gasteiger partial charge in [-0.05, 0) is 29.7 Å². The van der Waals surface area contributed by atoms with Crippen molar-refractivity contribution < 1.29 is 19.3 Å². The SMILES string of the molecule is COCCN(Cc1ccc(OC)c(OC)c1)C[C@@H](O)Cc1ccccc1. The van der Waals surface area contributed by atoms with Crippen molar-refractivity contribution in [2.45, 2.75) is 19.1 Å². The number of hydrogen-bond donors (Lipinski definition) is 1. The Morgan fingerprint density at radius 3 is 2.31 bits per heavy atom. The third-order valence-electron chi connectivity index (χ3n) is 4.25. The molecule has 26 heavy (non-hydrogen) atoms. The fourth-order valence-electron chi connectivity index (χ4n) is 2.94. The van der Waals surface area contributed by atoms with Gasteiger partial charge in [0.25, 0.3) is 0 Å². The van der Waals surface area contributed by atoms with Gasteiger partial charge in [0.15, 0.2) is 11.5 Å². The van der Waals surface area contributed by atoms with Crippen molar-refractivity contribution >= 4 is 0 Å². The van der Waals surface area contributed by atoms with Gasteiger partial charge < -0.3 is 19.3 Å². The monoisotopic (exact) mass is 359 g/mol. The van der Waals surface area contributed by atoms with Gasteiger partial charge in [0, 0.05) is 26.7 Å². The van der Waals surface area contributed by atoms with Crippen LogP contribution in [0.15, 0.2) is 48.5 Å². The molecule has 0 spiro atoms. The van der Waals surface area contributed by atoms with Crippen molar-refractivity contribution in [2.24, 2.45) is 0 Å². The van der Waals surface area contributed by atoms with Gasteiger partial charge in [0.2, 0.25) is 0 Å². The van der Waals surface area contributed by atoms with Gasteiger partial charge in [-0.25, -0.2) is 0 Å². The highest BCUT2D eigenvalue weighted by atomic mass is 16.5. The number of rotatable bonds is 11. The molecule has 0 saturated heterocycles. The highest BCUT2D eigenvalue weighted by molar-refractivity contribution is 5.42. The quantitative estimate of drug-likeness (QED) is 0.669. The molecule has 0 aliphatic rings. The molecule has 2 aromatic carbocycles. The maximum atomic E-state index is 10.5. The first-order valence-corrected chi connectivity index (χ1v) is 8.80. The van der Waals surface area contributed by atoms with Gasteiger partial charge >= 0.3 is 0 Å². The van der Waals surface area contributed by atoms with E-state index in [0.29, 0.717) is 37.6 Å². The van der Waals surface area contributed by atoms with E-state index in [2.05, 4.69) is 4.90 Å². The summed E-state index contributed by atoms with van der Waals surface area (Å²) < 4.78 is 15.9. The van der Waals surface area contributed by atoms with E-state index < -0.39 is 6.10 Å². The number of hydrogen-bond acceptors (Lipinski definition) is 5. The van der Waals surface area contributed by atoms with Crippen LogP contribution in [0.25, 0.3) is 0 Å². The molecule has 0 aliphatic heterocycles. The highest BCUT2D eigenvalue weighted by Crippen LogP contribution is 2.28. The molecule has 142 valence electrons. The largest absolute Gasteiger partial charge is 0.493 e. The molecule has 2 rings (SSSR count). The van der Waals surface area contributed by atoms with Gasteiger partial charge in [0.1, 0.15) is 0 Å². The molecule has 0 bridgehead atoms. The summed E-state index contributed by atoms with van der Waals surface area (Å²) in [5.74, 6) is 1.42. The van der Waals surface area contributed by atoms with Crippen molar-refractivity contribution in [3.05, 3.63) is 59.7 Å². The summed E-state index contributed by atoms with van der Waals surface area (Å²) >= 11 is 0. The fourth-order valence-corrected chi connectivity index (χ4v) is 2.94. The number of ether oxygens (including phenoxy) is 3. The van der Waals surface area contributed by atoms with Crippen LogP contribution >= 0.6 is 0 Å². The summed E-state index contributed by atoms with van der Waals surface area (Å²) in [7, 11) is 4.95. The Morgan fingerprint density at radius 1 is 0.923 bits per heavy atom. The second-order valence-corrected chi connectivity index (χ2v) is 6.26. The molecule has 5 heteroatoms. The van der Waals surface area contributed by atoms with E-state index >= 15 is 0 Å². The molecule has 0 heterocycles. The summed E-state index contributed by atoms with van der Waals surface area (Å²) in [5.41, 5.74) is 2.24. The molecule has 1 atom stereocenters. The minimum atomic E-state index is -0.436. The Balaban J connectivity index is 2.02. The average molecular weight is 359 g/mol. The van der Waals surface area contributed by atoms with Crippen LogP contribution in [0, 0.1) is 0 Å². The van der Waals surface area contributed by atoms with Crippen molar-refractivity contribution in [1.82, 2.24) is 4.90 Å². The summed E-state index contributed by atoms with van der Waals surface area (Å²) in [6.45, 7) is 2.64. The molecule has 0 fully saturated rings. The lowest BCUT2D eigenvalue weighted by Gasteiger charge is -2.25. The molecule has 0 saturated carbocycles. The molecule has 0 radical (unpaired) electrons. The smallest absolute Gasteiger partial charge is 0.161 e. The second-order valence-electron chi connectivity index (χ2n) is 6.26. The summed E-state index contributed by atoms with van der Waals surface area (Å²) in [6.07, 6.45) is 0.199. The van der Waals surface area contributed by atoms with Gasteiger partial charge in [-0.15, -0.1) is 0 Å². The van der Waals surface area contributed by atoms with Gasteiger partial charge in [-0.1, -0.05) is 36.4 Å². The molecule has 0 amide bonds. The minimum absolute atomic E-state index is 0.436. The van der Waals surface area contributed by atoms with E-state index in [1.165, 1.54) is 0 Å². The zero-order chi connectivity index (χ0) is 18.8. The van der Waals surface area contributed by atoms with Crippen molar-refractivity contribution in [2.75, 3.05) is 41.0 Å². The molecule has 0 aliphatic carbocycles.